The predicted octanol–water partition coefficient (Wildman–Crippen LogP) is 2.45. The molecule has 0 unspecified atom stereocenters. The van der Waals surface area contributed by atoms with Crippen LogP contribution in [0.4, 0.5) is 4.39 Å². The first kappa shape index (κ1) is 12.5. The average molecular weight is 225 g/mol. The van der Waals surface area contributed by atoms with Gasteiger partial charge < -0.3 is 10.4 Å². The number of carbonyl (C=O) groups excluding carboxylic acids is 1. The van der Waals surface area contributed by atoms with Gasteiger partial charge in [0, 0.05) is 6.54 Å². The molecule has 2 N–H and O–H groups in total. The number of benzene rings is 1. The van der Waals surface area contributed by atoms with Gasteiger partial charge in [0.2, 0.25) is 0 Å². The number of hydrogen-bond donors (Lipinski definition) is 2. The molecule has 0 aliphatic heterocycles. The fraction of sp³-hybridized carbons (Fsp3) is 0.417. The molecule has 0 heterocycles. The highest BCUT2D eigenvalue weighted by molar-refractivity contribution is 5.97. The van der Waals surface area contributed by atoms with E-state index >= 15 is 0 Å². The fourth-order valence-electron chi connectivity index (χ4n) is 1.40. The number of aromatic hydroxyl groups is 1. The Kier molecular flexibility index (Phi) is 4.76. The van der Waals surface area contributed by atoms with E-state index in [4.69, 9.17) is 0 Å². The summed E-state index contributed by atoms with van der Waals surface area (Å²) < 4.78 is 13.3. The van der Waals surface area contributed by atoms with E-state index in [-0.39, 0.29) is 11.3 Å². The SMILES string of the molecule is CCCCCNC(=O)c1c(O)cccc1F. The number of phenolic OH excluding ortho intramolecular Hbond substituents is 1. The largest absolute Gasteiger partial charge is 0.507 e. The lowest BCUT2D eigenvalue weighted by atomic mass is 10.1. The highest BCUT2D eigenvalue weighted by Gasteiger charge is 2.15. The molecule has 4 heteroatoms. The Morgan fingerprint density at radius 2 is 2.19 bits per heavy atom. The topological polar surface area (TPSA) is 49.3 Å². The van der Waals surface area contributed by atoms with Crippen molar-refractivity contribution in [1.82, 2.24) is 5.32 Å². The van der Waals surface area contributed by atoms with Crippen molar-refractivity contribution in [3.8, 4) is 5.75 Å². The third kappa shape index (κ3) is 3.22. The molecule has 0 saturated carbocycles. The molecule has 0 bridgehead atoms. The van der Waals surface area contributed by atoms with Crippen molar-refractivity contribution >= 4 is 5.91 Å². The molecule has 0 atom stereocenters. The molecule has 1 aromatic rings. The van der Waals surface area contributed by atoms with Gasteiger partial charge in [-0.2, -0.15) is 0 Å². The summed E-state index contributed by atoms with van der Waals surface area (Å²) in [7, 11) is 0. The molecular weight excluding hydrogens is 209 g/mol. The van der Waals surface area contributed by atoms with Crippen molar-refractivity contribution in [2.24, 2.45) is 0 Å². The quantitative estimate of drug-likeness (QED) is 0.756. The third-order valence-electron chi connectivity index (χ3n) is 2.28. The van der Waals surface area contributed by atoms with Crippen molar-refractivity contribution in [1.29, 1.82) is 0 Å². The summed E-state index contributed by atoms with van der Waals surface area (Å²) in [6, 6.07) is 3.81. The summed E-state index contributed by atoms with van der Waals surface area (Å²) in [6.45, 7) is 2.56. The number of halogens is 1. The second-order valence-corrected chi connectivity index (χ2v) is 3.60. The highest BCUT2D eigenvalue weighted by atomic mass is 19.1. The van der Waals surface area contributed by atoms with Crippen LogP contribution in [0.3, 0.4) is 0 Å². The van der Waals surface area contributed by atoms with Crippen LogP contribution in [0, 0.1) is 5.82 Å². The predicted molar refractivity (Wildman–Crippen MR) is 59.9 cm³/mol. The van der Waals surface area contributed by atoms with Crippen molar-refractivity contribution in [2.75, 3.05) is 6.54 Å². The Morgan fingerprint density at radius 1 is 1.44 bits per heavy atom. The number of nitrogens with one attached hydrogen (secondary N) is 1. The van der Waals surface area contributed by atoms with Gasteiger partial charge in [-0.1, -0.05) is 25.8 Å². The summed E-state index contributed by atoms with van der Waals surface area (Å²) in [5.41, 5.74) is -0.279. The maximum absolute atomic E-state index is 13.3. The van der Waals surface area contributed by atoms with Crippen LogP contribution in [0.15, 0.2) is 18.2 Å². The molecule has 0 saturated heterocycles. The van der Waals surface area contributed by atoms with Gasteiger partial charge >= 0.3 is 0 Å². The standard InChI is InChI=1S/C12H16FNO2/c1-2-3-4-8-14-12(16)11-9(13)6-5-7-10(11)15/h5-7,15H,2-4,8H2,1H3,(H,14,16). The number of rotatable bonds is 5. The minimum absolute atomic E-state index is 0.279. The zero-order valence-electron chi connectivity index (χ0n) is 9.29. The van der Waals surface area contributed by atoms with Gasteiger partial charge in [-0.05, 0) is 18.6 Å². The van der Waals surface area contributed by atoms with Crippen LogP contribution >= 0.6 is 0 Å². The van der Waals surface area contributed by atoms with E-state index in [0.29, 0.717) is 6.54 Å². The van der Waals surface area contributed by atoms with Crippen molar-refractivity contribution in [3.63, 3.8) is 0 Å². The Labute approximate surface area is 94.3 Å². The van der Waals surface area contributed by atoms with Gasteiger partial charge in [0.1, 0.15) is 17.1 Å². The number of phenols is 1. The van der Waals surface area contributed by atoms with Gasteiger partial charge in [-0.15, -0.1) is 0 Å². The molecule has 16 heavy (non-hydrogen) atoms. The maximum Gasteiger partial charge on any atom is 0.258 e. The lowest BCUT2D eigenvalue weighted by Crippen LogP contribution is -2.25. The molecule has 0 radical (unpaired) electrons. The number of carbonyl (C=O) groups is 1. The Morgan fingerprint density at radius 3 is 2.81 bits per heavy atom. The number of amides is 1. The summed E-state index contributed by atoms with van der Waals surface area (Å²) in [6.07, 6.45) is 2.93. The zero-order chi connectivity index (χ0) is 12.0. The number of unbranched alkanes of at least 4 members (excludes halogenated alkanes) is 2. The minimum atomic E-state index is -0.701. The molecule has 0 aromatic heterocycles. The molecule has 1 amide bonds. The maximum atomic E-state index is 13.3. The van der Waals surface area contributed by atoms with Crippen molar-refractivity contribution in [2.45, 2.75) is 26.2 Å². The third-order valence-corrected chi connectivity index (χ3v) is 2.28. The average Bonchev–Trinajstić information content (AvgIpc) is 2.24. The van der Waals surface area contributed by atoms with Crippen LogP contribution in [-0.4, -0.2) is 17.6 Å². The molecule has 1 aromatic carbocycles. The summed E-state index contributed by atoms with van der Waals surface area (Å²) in [5, 5.41) is 11.9. The molecule has 88 valence electrons. The van der Waals surface area contributed by atoms with E-state index in [1.165, 1.54) is 12.1 Å². The first-order chi connectivity index (χ1) is 7.66. The van der Waals surface area contributed by atoms with Crippen molar-refractivity contribution < 1.29 is 14.3 Å². The Bertz CT molecular complexity index is 346. The zero-order valence-corrected chi connectivity index (χ0v) is 9.29. The van der Waals surface area contributed by atoms with Gasteiger partial charge in [0.05, 0.1) is 0 Å². The van der Waals surface area contributed by atoms with Crippen LogP contribution < -0.4 is 5.32 Å². The van der Waals surface area contributed by atoms with Crippen LogP contribution in [0.5, 0.6) is 5.75 Å². The summed E-state index contributed by atoms with van der Waals surface area (Å²) in [4.78, 5) is 11.5. The van der Waals surface area contributed by atoms with Gasteiger partial charge in [0.25, 0.3) is 5.91 Å². The van der Waals surface area contributed by atoms with Crippen LogP contribution in [0.1, 0.15) is 36.5 Å². The van der Waals surface area contributed by atoms with Gasteiger partial charge in [-0.25, -0.2) is 4.39 Å². The minimum Gasteiger partial charge on any atom is -0.507 e. The van der Waals surface area contributed by atoms with E-state index in [9.17, 15) is 14.3 Å². The monoisotopic (exact) mass is 225 g/mol. The summed E-state index contributed by atoms with van der Waals surface area (Å²) >= 11 is 0. The molecule has 0 aliphatic carbocycles. The second kappa shape index (κ2) is 6.10. The molecule has 0 spiro atoms. The Balaban J connectivity index is 2.59. The van der Waals surface area contributed by atoms with Crippen LogP contribution in [-0.2, 0) is 0 Å². The normalized spacial score (nSPS) is 10.1. The van der Waals surface area contributed by atoms with E-state index < -0.39 is 11.7 Å². The highest BCUT2D eigenvalue weighted by Crippen LogP contribution is 2.19. The van der Waals surface area contributed by atoms with Crippen molar-refractivity contribution in [3.05, 3.63) is 29.6 Å². The lowest BCUT2D eigenvalue weighted by Gasteiger charge is -2.07. The second-order valence-electron chi connectivity index (χ2n) is 3.60. The van der Waals surface area contributed by atoms with Crippen LogP contribution in [0.25, 0.3) is 0 Å². The fourth-order valence-corrected chi connectivity index (χ4v) is 1.40. The van der Waals surface area contributed by atoms with E-state index in [2.05, 4.69) is 12.2 Å². The van der Waals surface area contributed by atoms with E-state index in [0.717, 1.165) is 25.3 Å². The first-order valence-electron chi connectivity index (χ1n) is 5.42. The lowest BCUT2D eigenvalue weighted by molar-refractivity contribution is 0.0946. The molecule has 0 fully saturated rings. The molecule has 0 aliphatic rings. The van der Waals surface area contributed by atoms with Gasteiger partial charge in [-0.3, -0.25) is 4.79 Å². The first-order valence-corrected chi connectivity index (χ1v) is 5.42. The van der Waals surface area contributed by atoms with E-state index in [1.807, 2.05) is 0 Å². The molecule has 1 rings (SSSR count). The van der Waals surface area contributed by atoms with Gasteiger partial charge in [0.15, 0.2) is 0 Å². The Hall–Kier alpha value is -1.58. The number of hydrogen-bond acceptors (Lipinski definition) is 2. The molecule has 3 nitrogen and oxygen atoms in total. The molecular formula is C12H16FNO2. The van der Waals surface area contributed by atoms with E-state index in [1.54, 1.807) is 0 Å². The summed E-state index contributed by atoms with van der Waals surface area (Å²) in [5.74, 6) is -1.59. The smallest absolute Gasteiger partial charge is 0.258 e. The van der Waals surface area contributed by atoms with Crippen LogP contribution in [0.2, 0.25) is 0 Å².